The summed E-state index contributed by atoms with van der Waals surface area (Å²) in [5.74, 6) is 0.741. The molecule has 1 aliphatic heterocycles. The molecule has 0 radical (unpaired) electrons. The molecule has 0 unspecified atom stereocenters. The molecule has 8 heteroatoms. The van der Waals surface area contributed by atoms with E-state index in [1.807, 2.05) is 6.07 Å². The van der Waals surface area contributed by atoms with E-state index in [1.165, 1.54) is 15.2 Å². The van der Waals surface area contributed by atoms with Crippen LogP contribution in [0.4, 0.5) is 5.69 Å². The third-order valence-electron chi connectivity index (χ3n) is 4.81. The molecule has 0 atom stereocenters. The summed E-state index contributed by atoms with van der Waals surface area (Å²) < 4.78 is 1.36. The molecule has 3 heterocycles. The van der Waals surface area contributed by atoms with E-state index in [4.69, 9.17) is 0 Å². The number of rotatable bonds is 3. The Morgan fingerprint density at radius 1 is 1.12 bits per heavy atom. The summed E-state index contributed by atoms with van der Waals surface area (Å²) >= 11 is 0. The molecule has 130 valence electrons. The smallest absolute Gasteiger partial charge is 0.329 e. The molecule has 0 spiro atoms. The number of imidazole rings is 1. The molecule has 3 N–H and O–H groups in total. The van der Waals surface area contributed by atoms with Crippen molar-refractivity contribution in [1.82, 2.24) is 19.5 Å². The average Bonchev–Trinajstić information content (AvgIpc) is 3.06. The highest BCUT2D eigenvalue weighted by Crippen LogP contribution is 2.12. The highest BCUT2D eigenvalue weighted by molar-refractivity contribution is 5.69. The Bertz CT molecular complexity index is 995. The Morgan fingerprint density at radius 3 is 2.56 bits per heavy atom. The van der Waals surface area contributed by atoms with Crippen molar-refractivity contribution in [3.8, 4) is 0 Å². The molecule has 4 rings (SSSR count). The molecule has 1 saturated heterocycles. The van der Waals surface area contributed by atoms with Gasteiger partial charge in [0.05, 0.1) is 26.2 Å². The fraction of sp³-hybridized carbons (Fsp3) is 0.353. The fourth-order valence-electron chi connectivity index (χ4n) is 3.37. The van der Waals surface area contributed by atoms with E-state index in [0.717, 1.165) is 32.0 Å². The predicted octanol–water partition coefficient (Wildman–Crippen LogP) is -1.14. The Morgan fingerprint density at radius 2 is 1.84 bits per heavy atom. The highest BCUT2D eigenvalue weighted by Gasteiger charge is 2.22. The maximum Gasteiger partial charge on any atom is 0.329 e. The van der Waals surface area contributed by atoms with Gasteiger partial charge in [-0.1, -0.05) is 18.2 Å². The lowest BCUT2D eigenvalue weighted by Gasteiger charge is -2.33. The van der Waals surface area contributed by atoms with Crippen molar-refractivity contribution >= 4 is 16.9 Å². The number of aryl methyl sites for hydroxylation is 1. The van der Waals surface area contributed by atoms with Gasteiger partial charge in [0.25, 0.3) is 5.56 Å². The zero-order valence-corrected chi connectivity index (χ0v) is 14.1. The molecule has 8 nitrogen and oxygen atoms in total. The van der Waals surface area contributed by atoms with Gasteiger partial charge >= 0.3 is 5.69 Å². The summed E-state index contributed by atoms with van der Waals surface area (Å²) in [6.07, 6.45) is 0. The van der Waals surface area contributed by atoms with Crippen LogP contribution >= 0.6 is 0 Å². The molecule has 2 aromatic heterocycles. The number of quaternary nitrogens is 1. The lowest BCUT2D eigenvalue weighted by molar-refractivity contribution is -0.914. The van der Waals surface area contributed by atoms with Crippen LogP contribution in [0.2, 0.25) is 0 Å². The van der Waals surface area contributed by atoms with Gasteiger partial charge in [-0.25, -0.2) is 9.78 Å². The predicted molar refractivity (Wildman–Crippen MR) is 95.0 cm³/mol. The van der Waals surface area contributed by atoms with Gasteiger partial charge in [-0.2, -0.15) is 0 Å². The molecule has 0 saturated carbocycles. The molecular weight excluding hydrogens is 320 g/mol. The Labute approximate surface area is 143 Å². The van der Waals surface area contributed by atoms with Crippen molar-refractivity contribution in [2.75, 3.05) is 31.1 Å². The number of anilines is 1. The molecule has 25 heavy (non-hydrogen) atoms. The number of aromatic nitrogens is 4. The van der Waals surface area contributed by atoms with E-state index in [-0.39, 0.29) is 0 Å². The lowest BCUT2D eigenvalue weighted by atomic mass is 10.2. The molecule has 0 bridgehead atoms. The largest absolute Gasteiger partial charge is 0.360 e. The van der Waals surface area contributed by atoms with Crippen molar-refractivity contribution in [3.63, 3.8) is 0 Å². The SMILES string of the molecule is Cn1c(=O)[nH]c(=O)c2[nH]c(C[NH+]3CCN(c4ccccc4)CC3)nc21. The number of fused-ring (bicyclic) bond motifs is 1. The van der Waals surface area contributed by atoms with Crippen LogP contribution in [-0.4, -0.2) is 45.7 Å². The first kappa shape index (κ1) is 15.6. The number of hydrogen-bond acceptors (Lipinski definition) is 4. The van der Waals surface area contributed by atoms with Crippen LogP contribution in [0.3, 0.4) is 0 Å². The van der Waals surface area contributed by atoms with Gasteiger partial charge in [-0.05, 0) is 12.1 Å². The number of aromatic amines is 2. The molecule has 0 amide bonds. The third-order valence-corrected chi connectivity index (χ3v) is 4.81. The van der Waals surface area contributed by atoms with E-state index >= 15 is 0 Å². The Kier molecular flexibility index (Phi) is 3.89. The summed E-state index contributed by atoms with van der Waals surface area (Å²) in [5.41, 5.74) is 1.16. The highest BCUT2D eigenvalue weighted by atomic mass is 16.2. The monoisotopic (exact) mass is 341 g/mol. The lowest BCUT2D eigenvalue weighted by Crippen LogP contribution is -3.13. The van der Waals surface area contributed by atoms with E-state index < -0.39 is 11.2 Å². The molecule has 3 aromatic rings. The minimum absolute atomic E-state index is 0.361. The van der Waals surface area contributed by atoms with E-state index in [9.17, 15) is 9.59 Å². The summed E-state index contributed by atoms with van der Waals surface area (Å²) in [4.78, 5) is 37.2. The second kappa shape index (κ2) is 6.21. The van der Waals surface area contributed by atoms with Gasteiger partial charge in [0, 0.05) is 12.7 Å². The van der Waals surface area contributed by atoms with Crippen molar-refractivity contribution < 1.29 is 4.90 Å². The number of benzene rings is 1. The van der Waals surface area contributed by atoms with Crippen molar-refractivity contribution in [3.05, 3.63) is 57.0 Å². The molecule has 0 aliphatic carbocycles. The maximum absolute atomic E-state index is 11.9. The van der Waals surface area contributed by atoms with Gasteiger partial charge in [0.1, 0.15) is 12.1 Å². The first-order chi connectivity index (χ1) is 12.1. The number of piperazine rings is 1. The van der Waals surface area contributed by atoms with Gasteiger partial charge in [-0.15, -0.1) is 0 Å². The normalized spacial score (nSPS) is 15.8. The second-order valence-corrected chi connectivity index (χ2v) is 6.45. The van der Waals surface area contributed by atoms with Gasteiger partial charge in [0.15, 0.2) is 11.5 Å². The van der Waals surface area contributed by atoms with Gasteiger partial charge < -0.3 is 14.8 Å². The number of H-pyrrole nitrogens is 2. The summed E-state index contributed by atoms with van der Waals surface area (Å²) in [6, 6.07) is 10.4. The molecule has 1 aliphatic rings. The Balaban J connectivity index is 1.48. The van der Waals surface area contributed by atoms with Crippen LogP contribution in [0.15, 0.2) is 39.9 Å². The number of para-hydroxylation sites is 1. The summed E-state index contributed by atoms with van der Waals surface area (Å²) in [5, 5.41) is 0. The van der Waals surface area contributed by atoms with Crippen LogP contribution in [0.1, 0.15) is 5.82 Å². The van der Waals surface area contributed by atoms with Gasteiger partial charge in [0.2, 0.25) is 0 Å². The van der Waals surface area contributed by atoms with Gasteiger partial charge in [-0.3, -0.25) is 14.3 Å². The van der Waals surface area contributed by atoms with Crippen LogP contribution in [0.5, 0.6) is 0 Å². The van der Waals surface area contributed by atoms with Crippen molar-refractivity contribution in [2.24, 2.45) is 7.05 Å². The molecule has 1 aromatic carbocycles. The van der Waals surface area contributed by atoms with Crippen LogP contribution in [0, 0.1) is 0 Å². The standard InChI is InChI=1S/C17H20N6O2/c1-21-15-14(16(24)20-17(21)25)18-13(19-15)11-22-7-9-23(10-8-22)12-5-3-2-4-6-12/h2-6H,7-11H2,1H3,(H,18,19)(H,20,24,25)/p+1. The zero-order valence-electron chi connectivity index (χ0n) is 14.1. The fourth-order valence-corrected chi connectivity index (χ4v) is 3.37. The number of nitrogens with one attached hydrogen (secondary N) is 3. The van der Waals surface area contributed by atoms with Crippen LogP contribution < -0.4 is 21.0 Å². The van der Waals surface area contributed by atoms with Crippen LogP contribution in [-0.2, 0) is 13.6 Å². The Hall–Kier alpha value is -2.87. The number of nitrogens with zero attached hydrogens (tertiary/aromatic N) is 3. The quantitative estimate of drug-likeness (QED) is 0.561. The first-order valence-corrected chi connectivity index (χ1v) is 8.43. The van der Waals surface area contributed by atoms with Crippen LogP contribution in [0.25, 0.3) is 11.2 Å². The van der Waals surface area contributed by atoms with Crippen molar-refractivity contribution in [1.29, 1.82) is 0 Å². The minimum atomic E-state index is -0.445. The van der Waals surface area contributed by atoms with E-state index in [0.29, 0.717) is 17.7 Å². The summed E-state index contributed by atoms with van der Waals surface area (Å²) in [6.45, 7) is 4.69. The average molecular weight is 341 g/mol. The topological polar surface area (TPSA) is 91.2 Å². The maximum atomic E-state index is 11.9. The van der Waals surface area contributed by atoms with Crippen molar-refractivity contribution in [2.45, 2.75) is 6.54 Å². The molecule has 1 fully saturated rings. The third kappa shape index (κ3) is 2.96. The summed E-state index contributed by atoms with van der Waals surface area (Å²) in [7, 11) is 1.61. The van der Waals surface area contributed by atoms with E-state index in [1.54, 1.807) is 7.05 Å². The first-order valence-electron chi connectivity index (χ1n) is 8.43. The molecular formula is C17H21N6O2+. The second-order valence-electron chi connectivity index (χ2n) is 6.45. The van der Waals surface area contributed by atoms with E-state index in [2.05, 4.69) is 44.1 Å². The number of hydrogen-bond donors (Lipinski definition) is 3. The zero-order chi connectivity index (χ0) is 17.4. The minimum Gasteiger partial charge on any atom is -0.360 e.